The molecular weight excluding hydrogens is 219 g/mol. The minimum Gasteiger partial charge on any atom is -0.361 e. The van der Waals surface area contributed by atoms with E-state index in [1.54, 1.807) is 6.07 Å². The number of nitrogens with one attached hydrogen (secondary N) is 1. The van der Waals surface area contributed by atoms with Gasteiger partial charge in [-0.3, -0.25) is 0 Å². The number of aromatic nitrogens is 1. The zero-order chi connectivity index (χ0) is 10.1. The predicted octanol–water partition coefficient (Wildman–Crippen LogP) is 2.98. The maximum absolute atomic E-state index is 6.12. The van der Waals surface area contributed by atoms with Crippen molar-refractivity contribution in [3.63, 3.8) is 0 Å². The molecule has 14 heavy (non-hydrogen) atoms. The number of rotatable bonds is 2. The van der Waals surface area contributed by atoms with Crippen molar-refractivity contribution in [3.8, 4) is 0 Å². The normalized spacial score (nSPS) is 11.1. The van der Waals surface area contributed by atoms with E-state index in [0.29, 0.717) is 16.6 Å². The fourth-order valence-corrected chi connectivity index (χ4v) is 2.02. The van der Waals surface area contributed by atoms with Crippen LogP contribution in [0.2, 0.25) is 10.0 Å². The van der Waals surface area contributed by atoms with Gasteiger partial charge in [0.2, 0.25) is 0 Å². The van der Waals surface area contributed by atoms with Crippen LogP contribution < -0.4 is 5.73 Å². The lowest BCUT2D eigenvalue weighted by Gasteiger charge is -2.00. The van der Waals surface area contributed by atoms with Crippen LogP contribution in [0.1, 0.15) is 5.56 Å². The van der Waals surface area contributed by atoms with E-state index < -0.39 is 0 Å². The SMILES string of the molecule is NCCc1c[nH]c2ccc(Cl)c(Cl)c12. The van der Waals surface area contributed by atoms with Gasteiger partial charge in [0.05, 0.1) is 10.0 Å². The summed E-state index contributed by atoms with van der Waals surface area (Å²) in [6, 6.07) is 3.71. The fourth-order valence-electron chi connectivity index (χ4n) is 1.57. The standard InChI is InChI=1S/C10H10Cl2N2/c11-7-1-2-8-9(10(7)12)6(3-4-13)5-14-8/h1-2,5,14H,3-4,13H2. The molecule has 1 heterocycles. The van der Waals surface area contributed by atoms with Crippen LogP contribution >= 0.6 is 23.2 Å². The summed E-state index contributed by atoms with van der Waals surface area (Å²) in [4.78, 5) is 3.14. The number of nitrogens with two attached hydrogens (primary N) is 1. The van der Waals surface area contributed by atoms with Crippen molar-refractivity contribution in [2.24, 2.45) is 5.73 Å². The highest BCUT2D eigenvalue weighted by Crippen LogP contribution is 2.32. The van der Waals surface area contributed by atoms with Crippen LogP contribution in [0, 0.1) is 0 Å². The van der Waals surface area contributed by atoms with Gasteiger partial charge < -0.3 is 10.7 Å². The van der Waals surface area contributed by atoms with Crippen LogP contribution in [-0.2, 0) is 6.42 Å². The van der Waals surface area contributed by atoms with Gasteiger partial charge in [-0.15, -0.1) is 0 Å². The zero-order valence-corrected chi connectivity index (χ0v) is 8.99. The van der Waals surface area contributed by atoms with Gasteiger partial charge in [0.25, 0.3) is 0 Å². The van der Waals surface area contributed by atoms with Crippen LogP contribution in [0.3, 0.4) is 0 Å². The highest BCUT2D eigenvalue weighted by Gasteiger charge is 2.09. The van der Waals surface area contributed by atoms with Crippen molar-refractivity contribution >= 4 is 34.1 Å². The summed E-state index contributed by atoms with van der Waals surface area (Å²) in [7, 11) is 0. The molecule has 1 aromatic carbocycles. The first-order valence-corrected chi connectivity index (χ1v) is 5.13. The average Bonchev–Trinajstić information content (AvgIpc) is 2.57. The van der Waals surface area contributed by atoms with E-state index in [9.17, 15) is 0 Å². The molecule has 0 fully saturated rings. The third-order valence-electron chi connectivity index (χ3n) is 2.23. The second-order valence-corrected chi connectivity index (χ2v) is 3.92. The summed E-state index contributed by atoms with van der Waals surface area (Å²) >= 11 is 12.1. The molecule has 2 nitrogen and oxygen atoms in total. The fraction of sp³-hybridized carbons (Fsp3) is 0.200. The molecule has 0 aliphatic heterocycles. The number of hydrogen-bond acceptors (Lipinski definition) is 1. The molecule has 3 N–H and O–H groups in total. The molecule has 0 aliphatic carbocycles. The molecule has 0 unspecified atom stereocenters. The van der Waals surface area contributed by atoms with E-state index in [-0.39, 0.29) is 0 Å². The molecule has 0 radical (unpaired) electrons. The molecule has 2 aromatic rings. The van der Waals surface area contributed by atoms with Gasteiger partial charge in [0.15, 0.2) is 0 Å². The first-order valence-electron chi connectivity index (χ1n) is 4.38. The lowest BCUT2D eigenvalue weighted by Crippen LogP contribution is -2.01. The number of benzene rings is 1. The molecule has 74 valence electrons. The summed E-state index contributed by atoms with van der Waals surface area (Å²) < 4.78 is 0. The number of aromatic amines is 1. The summed E-state index contributed by atoms with van der Waals surface area (Å²) in [5.74, 6) is 0. The van der Waals surface area contributed by atoms with Crippen molar-refractivity contribution in [2.75, 3.05) is 6.54 Å². The van der Waals surface area contributed by atoms with Crippen LogP contribution in [0.25, 0.3) is 10.9 Å². The molecule has 0 aliphatic rings. The highest BCUT2D eigenvalue weighted by molar-refractivity contribution is 6.45. The molecule has 0 spiro atoms. The zero-order valence-electron chi connectivity index (χ0n) is 7.48. The molecule has 0 amide bonds. The topological polar surface area (TPSA) is 41.8 Å². The number of fused-ring (bicyclic) bond motifs is 1. The second-order valence-electron chi connectivity index (χ2n) is 3.14. The Hall–Kier alpha value is -0.700. The Labute approximate surface area is 92.0 Å². The maximum atomic E-state index is 6.12. The predicted molar refractivity (Wildman–Crippen MR) is 61.1 cm³/mol. The quantitative estimate of drug-likeness (QED) is 0.816. The van der Waals surface area contributed by atoms with Gasteiger partial charge in [-0.25, -0.2) is 0 Å². The Morgan fingerprint density at radius 3 is 2.79 bits per heavy atom. The molecule has 1 aromatic heterocycles. The Morgan fingerprint density at radius 1 is 1.29 bits per heavy atom. The molecule has 0 saturated heterocycles. The van der Waals surface area contributed by atoms with Crippen LogP contribution in [0.15, 0.2) is 18.3 Å². The number of halogens is 2. The number of hydrogen-bond donors (Lipinski definition) is 2. The van der Waals surface area contributed by atoms with Crippen molar-refractivity contribution in [1.82, 2.24) is 4.98 Å². The molecule has 0 saturated carbocycles. The largest absolute Gasteiger partial charge is 0.361 e. The maximum Gasteiger partial charge on any atom is 0.0688 e. The van der Waals surface area contributed by atoms with Crippen molar-refractivity contribution in [3.05, 3.63) is 33.9 Å². The van der Waals surface area contributed by atoms with Crippen molar-refractivity contribution < 1.29 is 0 Å². The first kappa shape index (κ1) is 9.84. The molecule has 2 rings (SSSR count). The Bertz CT molecular complexity index is 462. The molecule has 0 atom stereocenters. The summed E-state index contributed by atoms with van der Waals surface area (Å²) in [6.45, 7) is 0.607. The van der Waals surface area contributed by atoms with Crippen molar-refractivity contribution in [1.29, 1.82) is 0 Å². The second kappa shape index (κ2) is 3.81. The van der Waals surface area contributed by atoms with E-state index >= 15 is 0 Å². The van der Waals surface area contributed by atoms with Gasteiger partial charge >= 0.3 is 0 Å². The third-order valence-corrected chi connectivity index (χ3v) is 3.04. The van der Waals surface area contributed by atoms with E-state index in [4.69, 9.17) is 28.9 Å². The van der Waals surface area contributed by atoms with Gasteiger partial charge in [0.1, 0.15) is 0 Å². The van der Waals surface area contributed by atoms with E-state index in [0.717, 1.165) is 22.9 Å². The Morgan fingerprint density at radius 2 is 2.07 bits per heavy atom. The van der Waals surface area contributed by atoms with Crippen LogP contribution in [0.4, 0.5) is 0 Å². The Kier molecular flexibility index (Phi) is 2.68. The minimum atomic E-state index is 0.581. The molecule has 0 bridgehead atoms. The van der Waals surface area contributed by atoms with Gasteiger partial charge in [-0.1, -0.05) is 23.2 Å². The van der Waals surface area contributed by atoms with E-state index in [1.165, 1.54) is 0 Å². The van der Waals surface area contributed by atoms with E-state index in [1.807, 2.05) is 12.3 Å². The minimum absolute atomic E-state index is 0.581. The monoisotopic (exact) mass is 228 g/mol. The number of H-pyrrole nitrogens is 1. The van der Waals surface area contributed by atoms with Gasteiger partial charge in [-0.2, -0.15) is 0 Å². The third kappa shape index (κ3) is 1.50. The summed E-state index contributed by atoms with van der Waals surface area (Å²) in [5.41, 5.74) is 7.63. The summed E-state index contributed by atoms with van der Waals surface area (Å²) in [5, 5.41) is 2.18. The van der Waals surface area contributed by atoms with Crippen LogP contribution in [-0.4, -0.2) is 11.5 Å². The summed E-state index contributed by atoms with van der Waals surface area (Å²) in [6.07, 6.45) is 2.74. The van der Waals surface area contributed by atoms with Gasteiger partial charge in [-0.05, 0) is 30.7 Å². The highest BCUT2D eigenvalue weighted by atomic mass is 35.5. The first-order chi connectivity index (χ1) is 6.74. The van der Waals surface area contributed by atoms with Crippen molar-refractivity contribution in [2.45, 2.75) is 6.42 Å². The van der Waals surface area contributed by atoms with Gasteiger partial charge in [0, 0.05) is 17.1 Å². The van der Waals surface area contributed by atoms with Crippen LogP contribution in [0.5, 0.6) is 0 Å². The molecule has 4 heteroatoms. The average molecular weight is 229 g/mol. The van der Waals surface area contributed by atoms with E-state index in [2.05, 4.69) is 4.98 Å². The lowest BCUT2D eigenvalue weighted by atomic mass is 10.1. The molecular formula is C10H10Cl2N2. The smallest absolute Gasteiger partial charge is 0.0688 e. The lowest BCUT2D eigenvalue weighted by molar-refractivity contribution is 0.976. The Balaban J connectivity index is 2.69.